The summed E-state index contributed by atoms with van der Waals surface area (Å²) >= 11 is 0. The lowest BCUT2D eigenvalue weighted by atomic mass is 9.71. The Morgan fingerprint density at radius 1 is 0.769 bits per heavy atom. The summed E-state index contributed by atoms with van der Waals surface area (Å²) in [6.45, 7) is 13.0. The van der Waals surface area contributed by atoms with Crippen LogP contribution < -0.4 is 0 Å². The number of hydrogen-bond donors (Lipinski definition) is 0. The Morgan fingerprint density at radius 2 is 1.23 bits per heavy atom. The maximum Gasteiger partial charge on any atom is 0.320 e. The lowest BCUT2D eigenvalue weighted by Gasteiger charge is -2.35. The van der Waals surface area contributed by atoms with Crippen LogP contribution in [-0.4, -0.2) is 25.2 Å². The number of ether oxygens (including phenoxy) is 2. The molecule has 1 aliphatic carbocycles. The van der Waals surface area contributed by atoms with Gasteiger partial charge in [-0.1, -0.05) is 73.6 Å². The van der Waals surface area contributed by atoms with E-state index in [9.17, 15) is 9.59 Å². The zero-order chi connectivity index (χ0) is 19.7. The van der Waals surface area contributed by atoms with Crippen LogP contribution in [0.1, 0.15) is 80.1 Å². The van der Waals surface area contributed by atoms with Crippen LogP contribution in [0, 0.1) is 35.5 Å². The number of hydrogen-bond acceptors (Lipinski definition) is 4. The van der Waals surface area contributed by atoms with Gasteiger partial charge in [0.2, 0.25) is 0 Å². The molecule has 4 heteroatoms. The standard InChI is InChI=1S/C22H40O4/c1-15(2)12-19(18-10-8-7-9-11-18)20(21(23)25-13-16(3)4)22(24)26-14-17(5)6/h15-20H,7-14H2,1-6H3. The molecule has 0 heterocycles. The second kappa shape index (κ2) is 11.6. The van der Waals surface area contributed by atoms with Gasteiger partial charge in [-0.15, -0.1) is 0 Å². The average Bonchev–Trinajstić information content (AvgIpc) is 2.58. The third-order valence-corrected chi connectivity index (χ3v) is 5.05. The second-order valence-electron chi connectivity index (χ2n) is 9.22. The fourth-order valence-corrected chi connectivity index (χ4v) is 3.83. The minimum Gasteiger partial charge on any atom is -0.465 e. The monoisotopic (exact) mass is 368 g/mol. The zero-order valence-electron chi connectivity index (χ0n) is 17.8. The Hall–Kier alpha value is -1.06. The van der Waals surface area contributed by atoms with Crippen LogP contribution in [0.25, 0.3) is 0 Å². The van der Waals surface area contributed by atoms with E-state index in [0.29, 0.717) is 25.0 Å². The van der Waals surface area contributed by atoms with Crippen molar-refractivity contribution in [1.29, 1.82) is 0 Å². The van der Waals surface area contributed by atoms with Gasteiger partial charge in [-0.25, -0.2) is 0 Å². The van der Waals surface area contributed by atoms with E-state index >= 15 is 0 Å². The predicted octanol–water partition coefficient (Wildman–Crippen LogP) is 5.24. The zero-order valence-corrected chi connectivity index (χ0v) is 17.8. The largest absolute Gasteiger partial charge is 0.465 e. The summed E-state index contributed by atoms with van der Waals surface area (Å²) in [5, 5.41) is 0. The topological polar surface area (TPSA) is 52.6 Å². The summed E-state index contributed by atoms with van der Waals surface area (Å²) in [5.74, 6) is -0.177. The van der Waals surface area contributed by atoms with E-state index in [1.54, 1.807) is 0 Å². The van der Waals surface area contributed by atoms with Gasteiger partial charge in [-0.2, -0.15) is 0 Å². The quantitative estimate of drug-likeness (QED) is 0.391. The first-order valence-corrected chi connectivity index (χ1v) is 10.6. The van der Waals surface area contributed by atoms with Crippen molar-refractivity contribution in [2.45, 2.75) is 80.1 Å². The molecule has 0 amide bonds. The van der Waals surface area contributed by atoms with Crippen LogP contribution in [0.3, 0.4) is 0 Å². The van der Waals surface area contributed by atoms with E-state index in [1.165, 1.54) is 19.3 Å². The summed E-state index contributed by atoms with van der Waals surface area (Å²) in [6.07, 6.45) is 6.70. The molecule has 1 unspecified atom stereocenters. The van der Waals surface area contributed by atoms with Crippen molar-refractivity contribution in [2.75, 3.05) is 13.2 Å². The summed E-state index contributed by atoms with van der Waals surface area (Å²) in [4.78, 5) is 25.8. The van der Waals surface area contributed by atoms with E-state index in [-0.39, 0.29) is 29.7 Å². The molecule has 0 aromatic carbocycles. The maximum absolute atomic E-state index is 12.9. The van der Waals surface area contributed by atoms with Gasteiger partial charge in [0.25, 0.3) is 0 Å². The average molecular weight is 369 g/mol. The Kier molecular flexibility index (Phi) is 10.3. The van der Waals surface area contributed by atoms with Gasteiger partial charge in [0, 0.05) is 0 Å². The van der Waals surface area contributed by atoms with Crippen molar-refractivity contribution < 1.29 is 19.1 Å². The third kappa shape index (κ3) is 8.09. The molecule has 0 radical (unpaired) electrons. The molecule has 0 spiro atoms. The molecule has 152 valence electrons. The first-order valence-electron chi connectivity index (χ1n) is 10.6. The van der Waals surface area contributed by atoms with Crippen LogP contribution in [0.4, 0.5) is 0 Å². The Bertz CT molecular complexity index is 398. The Balaban J connectivity index is 3.00. The summed E-state index contributed by atoms with van der Waals surface area (Å²) < 4.78 is 11.0. The molecule has 0 aliphatic heterocycles. The molecule has 4 nitrogen and oxygen atoms in total. The first-order chi connectivity index (χ1) is 12.2. The van der Waals surface area contributed by atoms with Crippen molar-refractivity contribution in [1.82, 2.24) is 0 Å². The lowest BCUT2D eigenvalue weighted by Crippen LogP contribution is -2.40. The van der Waals surface area contributed by atoms with Crippen molar-refractivity contribution in [2.24, 2.45) is 35.5 Å². The summed E-state index contributed by atoms with van der Waals surface area (Å²) in [6, 6.07) is 0. The number of rotatable bonds is 10. The first kappa shape index (κ1) is 23.0. The molecule has 0 aromatic heterocycles. The van der Waals surface area contributed by atoms with E-state index < -0.39 is 5.92 Å². The highest BCUT2D eigenvalue weighted by atomic mass is 16.6. The highest BCUT2D eigenvalue weighted by Gasteiger charge is 2.42. The van der Waals surface area contributed by atoms with E-state index in [2.05, 4.69) is 13.8 Å². The van der Waals surface area contributed by atoms with Gasteiger partial charge in [-0.3, -0.25) is 9.59 Å². The number of carbonyl (C=O) groups excluding carboxylic acids is 2. The summed E-state index contributed by atoms with van der Waals surface area (Å²) in [7, 11) is 0. The molecule has 1 rings (SSSR count). The molecule has 1 aliphatic rings. The van der Waals surface area contributed by atoms with Crippen LogP contribution in [0.15, 0.2) is 0 Å². The minimum atomic E-state index is -0.780. The molecule has 1 atom stereocenters. The molecular weight excluding hydrogens is 328 g/mol. The predicted molar refractivity (Wildman–Crippen MR) is 105 cm³/mol. The van der Waals surface area contributed by atoms with Crippen molar-refractivity contribution in [3.05, 3.63) is 0 Å². The fraction of sp³-hybridized carbons (Fsp3) is 0.909. The minimum absolute atomic E-state index is 0.0228. The molecular formula is C22H40O4. The molecule has 26 heavy (non-hydrogen) atoms. The Morgan fingerprint density at radius 3 is 1.62 bits per heavy atom. The SMILES string of the molecule is CC(C)COC(=O)C(C(=O)OCC(C)C)C(CC(C)C)C1CCCCC1. The third-order valence-electron chi connectivity index (χ3n) is 5.05. The smallest absolute Gasteiger partial charge is 0.320 e. The molecule has 1 saturated carbocycles. The van der Waals surface area contributed by atoms with Crippen LogP contribution in [-0.2, 0) is 19.1 Å². The van der Waals surface area contributed by atoms with Gasteiger partial charge < -0.3 is 9.47 Å². The lowest BCUT2D eigenvalue weighted by molar-refractivity contribution is -0.168. The van der Waals surface area contributed by atoms with Gasteiger partial charge >= 0.3 is 11.9 Å². The molecule has 1 fully saturated rings. The van der Waals surface area contributed by atoms with Crippen LogP contribution in [0.5, 0.6) is 0 Å². The van der Waals surface area contributed by atoms with Crippen molar-refractivity contribution in [3.8, 4) is 0 Å². The van der Waals surface area contributed by atoms with Crippen LogP contribution >= 0.6 is 0 Å². The van der Waals surface area contributed by atoms with E-state index in [1.807, 2.05) is 27.7 Å². The molecule has 0 saturated heterocycles. The molecule has 0 aromatic rings. The van der Waals surface area contributed by atoms with Gasteiger partial charge in [0.1, 0.15) is 0 Å². The van der Waals surface area contributed by atoms with Crippen molar-refractivity contribution in [3.63, 3.8) is 0 Å². The highest BCUT2D eigenvalue weighted by Crippen LogP contribution is 2.38. The summed E-state index contributed by atoms with van der Waals surface area (Å²) in [5.41, 5.74) is 0. The Labute approximate surface area is 160 Å². The van der Waals surface area contributed by atoms with E-state index in [4.69, 9.17) is 9.47 Å². The number of carbonyl (C=O) groups is 2. The van der Waals surface area contributed by atoms with Crippen molar-refractivity contribution >= 4 is 11.9 Å². The van der Waals surface area contributed by atoms with E-state index in [0.717, 1.165) is 19.3 Å². The maximum atomic E-state index is 12.9. The second-order valence-corrected chi connectivity index (χ2v) is 9.22. The normalized spacial score (nSPS) is 17.2. The van der Waals surface area contributed by atoms with Gasteiger partial charge in [0.15, 0.2) is 5.92 Å². The fourth-order valence-electron chi connectivity index (χ4n) is 3.83. The molecule has 0 N–H and O–H groups in total. The highest BCUT2D eigenvalue weighted by molar-refractivity contribution is 5.95. The molecule has 0 bridgehead atoms. The van der Waals surface area contributed by atoms with Gasteiger partial charge in [0.05, 0.1) is 13.2 Å². The number of esters is 2. The van der Waals surface area contributed by atoms with Crippen LogP contribution in [0.2, 0.25) is 0 Å². The van der Waals surface area contributed by atoms with Gasteiger partial charge in [-0.05, 0) is 36.0 Å².